The molecular weight excluding hydrogens is 277 g/mol. The number of phosphoric acid groups is 1. The lowest BCUT2D eigenvalue weighted by molar-refractivity contribution is 0.206. The van der Waals surface area contributed by atoms with Gasteiger partial charge in [0.15, 0.2) is 0 Å². The first-order valence-electron chi connectivity index (χ1n) is 7.88. The van der Waals surface area contributed by atoms with E-state index in [9.17, 15) is 4.57 Å². The van der Waals surface area contributed by atoms with Crippen LogP contribution in [0.1, 0.15) is 78.1 Å². The first kappa shape index (κ1) is 22.4. The minimum Gasteiger partial charge on any atom is -0.330 e. The van der Waals surface area contributed by atoms with Gasteiger partial charge in [-0.25, -0.2) is 4.57 Å². The van der Waals surface area contributed by atoms with Gasteiger partial charge in [-0.05, 0) is 19.9 Å². The third-order valence-electron chi connectivity index (χ3n) is 2.85. The average Bonchev–Trinajstić information content (AvgIpc) is 2.36. The van der Waals surface area contributed by atoms with Crippen LogP contribution in [0.4, 0.5) is 0 Å². The average molecular weight is 311 g/mol. The Morgan fingerprint density at radius 2 is 1.25 bits per heavy atom. The van der Waals surface area contributed by atoms with Crippen molar-refractivity contribution in [3.05, 3.63) is 0 Å². The molecule has 0 saturated heterocycles. The Morgan fingerprint density at radius 3 is 1.50 bits per heavy atom. The zero-order chi connectivity index (χ0) is 15.7. The van der Waals surface area contributed by atoms with E-state index in [1.807, 2.05) is 0 Å². The van der Waals surface area contributed by atoms with E-state index < -0.39 is 7.82 Å². The van der Waals surface area contributed by atoms with Crippen molar-refractivity contribution in [1.82, 2.24) is 0 Å². The number of unbranched alkanes of at least 4 members (excludes halogenated alkanes) is 9. The molecule has 0 spiro atoms. The van der Waals surface area contributed by atoms with Gasteiger partial charge in [-0.1, -0.05) is 64.7 Å². The van der Waals surface area contributed by atoms with E-state index in [1.165, 1.54) is 71.1 Å². The molecule has 4 N–H and O–H groups in total. The van der Waals surface area contributed by atoms with E-state index in [1.54, 1.807) is 0 Å². The summed E-state index contributed by atoms with van der Waals surface area (Å²) in [5.41, 5.74) is 5.42. The summed E-state index contributed by atoms with van der Waals surface area (Å²) >= 11 is 0. The van der Waals surface area contributed by atoms with Gasteiger partial charge >= 0.3 is 7.82 Å². The summed E-state index contributed by atoms with van der Waals surface area (Å²) in [4.78, 5) is 15.8. The maximum atomic E-state index is 9.70. The molecule has 6 heteroatoms. The Kier molecular flexibility index (Phi) is 19.1. The van der Waals surface area contributed by atoms with E-state index in [4.69, 9.17) is 15.5 Å². The highest BCUT2D eigenvalue weighted by atomic mass is 31.2. The van der Waals surface area contributed by atoms with Crippen LogP contribution in [0.15, 0.2) is 0 Å². The third kappa shape index (κ3) is 26.6. The minimum absolute atomic E-state index is 0.0459. The molecule has 5 nitrogen and oxygen atoms in total. The Labute approximate surface area is 124 Å². The van der Waals surface area contributed by atoms with E-state index in [-0.39, 0.29) is 6.61 Å². The Hall–Kier alpha value is 0.0700. The SMILES string of the molecule is CCCCCCCCCCCCN.CCOP(=O)(O)O. The molecule has 0 bridgehead atoms. The Morgan fingerprint density at radius 1 is 0.850 bits per heavy atom. The summed E-state index contributed by atoms with van der Waals surface area (Å²) < 4.78 is 13.6. The zero-order valence-corrected chi connectivity index (χ0v) is 14.1. The molecule has 0 rings (SSSR count). The summed E-state index contributed by atoms with van der Waals surface area (Å²) in [7, 11) is -4.17. The fraction of sp³-hybridized carbons (Fsp3) is 1.00. The molecule has 0 atom stereocenters. The first-order valence-corrected chi connectivity index (χ1v) is 9.41. The number of nitrogens with two attached hydrogens (primary N) is 1. The molecule has 0 unspecified atom stereocenters. The molecule has 0 aromatic rings. The largest absolute Gasteiger partial charge is 0.469 e. The van der Waals surface area contributed by atoms with Crippen LogP contribution in [-0.2, 0) is 9.09 Å². The van der Waals surface area contributed by atoms with E-state index in [2.05, 4.69) is 11.4 Å². The summed E-state index contributed by atoms with van der Waals surface area (Å²) in [5, 5.41) is 0. The summed E-state index contributed by atoms with van der Waals surface area (Å²) in [6, 6.07) is 0. The van der Waals surface area contributed by atoms with Gasteiger partial charge in [-0.2, -0.15) is 0 Å². The lowest BCUT2D eigenvalue weighted by atomic mass is 10.1. The third-order valence-corrected chi connectivity index (χ3v) is 3.45. The summed E-state index contributed by atoms with van der Waals surface area (Å²) in [6.45, 7) is 4.70. The van der Waals surface area contributed by atoms with Crippen LogP contribution >= 0.6 is 7.82 Å². The van der Waals surface area contributed by atoms with Crippen molar-refractivity contribution in [3.8, 4) is 0 Å². The maximum absolute atomic E-state index is 9.70. The number of phosphoric ester groups is 1. The lowest BCUT2D eigenvalue weighted by Crippen LogP contribution is -1.97. The summed E-state index contributed by atoms with van der Waals surface area (Å²) in [5.74, 6) is 0. The van der Waals surface area contributed by atoms with Crippen molar-refractivity contribution in [3.63, 3.8) is 0 Å². The van der Waals surface area contributed by atoms with Gasteiger partial charge in [0.2, 0.25) is 0 Å². The van der Waals surface area contributed by atoms with Crippen molar-refractivity contribution < 1.29 is 18.9 Å². The van der Waals surface area contributed by atoms with E-state index in [0.29, 0.717) is 0 Å². The molecule has 0 heterocycles. The van der Waals surface area contributed by atoms with Crippen LogP contribution in [0.25, 0.3) is 0 Å². The van der Waals surface area contributed by atoms with Gasteiger partial charge in [0.05, 0.1) is 6.61 Å². The number of rotatable bonds is 12. The second-order valence-corrected chi connectivity index (χ2v) is 6.12. The van der Waals surface area contributed by atoms with Crippen LogP contribution < -0.4 is 5.73 Å². The van der Waals surface area contributed by atoms with Gasteiger partial charge in [0.1, 0.15) is 0 Å². The van der Waals surface area contributed by atoms with E-state index >= 15 is 0 Å². The van der Waals surface area contributed by atoms with Crippen molar-refractivity contribution in [2.75, 3.05) is 13.2 Å². The Balaban J connectivity index is 0. The van der Waals surface area contributed by atoms with Crippen molar-refractivity contribution in [2.24, 2.45) is 5.73 Å². The second-order valence-electron chi connectivity index (χ2n) is 4.88. The molecule has 0 aromatic heterocycles. The van der Waals surface area contributed by atoms with Crippen LogP contribution in [0.2, 0.25) is 0 Å². The minimum atomic E-state index is -4.17. The predicted octanol–water partition coefficient (Wildman–Crippen LogP) is 3.98. The van der Waals surface area contributed by atoms with E-state index in [0.717, 1.165) is 6.54 Å². The Bertz CT molecular complexity index is 211. The van der Waals surface area contributed by atoms with Crippen LogP contribution in [-0.4, -0.2) is 22.9 Å². The highest BCUT2D eigenvalue weighted by Crippen LogP contribution is 2.34. The number of hydrogen-bond donors (Lipinski definition) is 3. The lowest BCUT2D eigenvalue weighted by Gasteiger charge is -2.00. The standard InChI is InChI=1S/C12H27N.C2H7O4P/c1-2-3-4-5-6-7-8-9-10-11-12-13;1-2-6-7(3,4)5/h2-13H2,1H3;2H2,1H3,(H2,3,4,5). The normalized spacial score (nSPS) is 11.1. The fourth-order valence-electron chi connectivity index (χ4n) is 1.80. The molecule has 0 aliphatic heterocycles. The molecule has 0 saturated carbocycles. The van der Waals surface area contributed by atoms with Gasteiger partial charge in [-0.3, -0.25) is 4.52 Å². The molecule has 20 heavy (non-hydrogen) atoms. The first-order chi connectivity index (χ1) is 9.47. The highest BCUT2D eigenvalue weighted by molar-refractivity contribution is 7.46. The zero-order valence-electron chi connectivity index (χ0n) is 13.2. The smallest absolute Gasteiger partial charge is 0.330 e. The maximum Gasteiger partial charge on any atom is 0.469 e. The van der Waals surface area contributed by atoms with Gasteiger partial charge in [0.25, 0.3) is 0 Å². The molecule has 0 fully saturated rings. The van der Waals surface area contributed by atoms with Gasteiger partial charge < -0.3 is 15.5 Å². The van der Waals surface area contributed by atoms with Gasteiger partial charge in [0, 0.05) is 0 Å². The van der Waals surface area contributed by atoms with Crippen molar-refractivity contribution >= 4 is 7.82 Å². The van der Waals surface area contributed by atoms with Crippen molar-refractivity contribution in [2.45, 2.75) is 78.1 Å². The molecule has 124 valence electrons. The van der Waals surface area contributed by atoms with Crippen molar-refractivity contribution in [1.29, 1.82) is 0 Å². The molecule has 0 aliphatic rings. The van der Waals surface area contributed by atoms with Gasteiger partial charge in [-0.15, -0.1) is 0 Å². The number of hydrogen-bond acceptors (Lipinski definition) is 3. The second kappa shape index (κ2) is 17.1. The molecule has 0 aliphatic carbocycles. The molecule has 0 aromatic carbocycles. The molecular formula is C14H34NO4P. The predicted molar refractivity (Wildman–Crippen MR) is 84.6 cm³/mol. The summed E-state index contributed by atoms with van der Waals surface area (Å²) in [6.07, 6.45) is 13.9. The van der Waals surface area contributed by atoms with Crippen LogP contribution in [0.3, 0.4) is 0 Å². The topological polar surface area (TPSA) is 92.8 Å². The van der Waals surface area contributed by atoms with Crippen LogP contribution in [0, 0.1) is 0 Å². The monoisotopic (exact) mass is 311 g/mol. The molecule has 0 radical (unpaired) electrons. The quantitative estimate of drug-likeness (QED) is 0.374. The fourth-order valence-corrected chi connectivity index (χ4v) is 2.14. The van der Waals surface area contributed by atoms with Crippen LogP contribution in [0.5, 0.6) is 0 Å². The molecule has 0 amide bonds. The highest BCUT2D eigenvalue weighted by Gasteiger charge is 2.10.